The minimum atomic E-state index is -3.65. The molecule has 3 rings (SSSR count). The first-order chi connectivity index (χ1) is 11.9. The van der Waals surface area contributed by atoms with E-state index >= 15 is 0 Å². The summed E-state index contributed by atoms with van der Waals surface area (Å²) < 4.78 is 39.3. The van der Waals surface area contributed by atoms with Crippen molar-refractivity contribution >= 4 is 12.1 Å². The Morgan fingerprint density at radius 2 is 2.08 bits per heavy atom. The second-order valence-electron chi connectivity index (χ2n) is 5.66. The molecule has 0 aliphatic carbocycles. The lowest BCUT2D eigenvalue weighted by atomic mass is 10.1. The average molecular weight is 356 g/mol. The van der Waals surface area contributed by atoms with Gasteiger partial charge in [-0.2, -0.15) is 13.8 Å². The van der Waals surface area contributed by atoms with Crippen molar-refractivity contribution in [3.8, 4) is 0 Å². The van der Waals surface area contributed by atoms with Crippen LogP contribution in [0.2, 0.25) is 0 Å². The van der Waals surface area contributed by atoms with E-state index in [1.807, 2.05) is 0 Å². The fourth-order valence-electron chi connectivity index (χ4n) is 2.86. The lowest BCUT2D eigenvalue weighted by Crippen LogP contribution is -2.52. The molecule has 1 amide bonds. The molecule has 2 fully saturated rings. The van der Waals surface area contributed by atoms with Gasteiger partial charge in [-0.15, -0.1) is 0 Å². The van der Waals surface area contributed by atoms with Gasteiger partial charge in [-0.1, -0.05) is 30.3 Å². The maximum Gasteiger partial charge on any atom is 0.412 e. The first kappa shape index (κ1) is 17.6. The number of hydrogen-bond acceptors (Lipinski definition) is 6. The van der Waals surface area contributed by atoms with Crippen molar-refractivity contribution in [3.05, 3.63) is 35.9 Å². The van der Waals surface area contributed by atoms with Gasteiger partial charge < -0.3 is 9.47 Å². The molecule has 2 heterocycles. The number of nitrogens with zero attached hydrogens (tertiary/aromatic N) is 2. The van der Waals surface area contributed by atoms with E-state index in [1.165, 1.54) is 6.92 Å². The van der Waals surface area contributed by atoms with Gasteiger partial charge in [0.2, 0.25) is 12.3 Å². The monoisotopic (exact) mass is 356 g/mol. The summed E-state index contributed by atoms with van der Waals surface area (Å²) in [6.45, 7) is 1.40. The molecule has 0 radical (unpaired) electrons. The van der Waals surface area contributed by atoms with Crippen molar-refractivity contribution in [2.75, 3.05) is 19.8 Å². The lowest BCUT2D eigenvalue weighted by Gasteiger charge is -2.25. The third-order valence-corrected chi connectivity index (χ3v) is 3.98. The Bertz CT molecular complexity index is 643. The Morgan fingerprint density at radius 1 is 1.36 bits per heavy atom. The van der Waals surface area contributed by atoms with E-state index in [1.54, 1.807) is 30.3 Å². The number of carbonyl (C=O) groups excluding carboxylic acids is 2. The van der Waals surface area contributed by atoms with Crippen molar-refractivity contribution in [1.82, 2.24) is 9.96 Å². The minimum absolute atomic E-state index is 0.00245. The van der Waals surface area contributed by atoms with Gasteiger partial charge in [0.25, 0.3) is 0 Å². The van der Waals surface area contributed by atoms with Crippen LogP contribution in [0, 0.1) is 0 Å². The van der Waals surface area contributed by atoms with Crippen molar-refractivity contribution in [1.29, 1.82) is 0 Å². The van der Waals surface area contributed by atoms with Crippen molar-refractivity contribution in [2.45, 2.75) is 31.7 Å². The van der Waals surface area contributed by atoms with Gasteiger partial charge in [-0.3, -0.25) is 14.5 Å². The smallest absolute Gasteiger partial charge is 0.412 e. The molecule has 25 heavy (non-hydrogen) atoms. The molecule has 0 N–H and O–H groups in total. The molecule has 0 saturated carbocycles. The normalized spacial score (nSPS) is 25.9. The Kier molecular flexibility index (Phi) is 4.87. The quantitative estimate of drug-likeness (QED) is 0.749. The lowest BCUT2D eigenvalue weighted by molar-refractivity contribution is -0.210. The highest BCUT2D eigenvalue weighted by Gasteiger charge is 2.65. The molecule has 2 aliphatic rings. The fourth-order valence-corrected chi connectivity index (χ4v) is 2.86. The van der Waals surface area contributed by atoms with Gasteiger partial charge in [0.05, 0.1) is 19.7 Å². The highest BCUT2D eigenvalue weighted by Crippen LogP contribution is 2.40. The van der Waals surface area contributed by atoms with Crippen LogP contribution < -0.4 is 0 Å². The number of cyclic esters (lactones) is 1. The molecule has 2 aliphatic heterocycles. The number of ether oxygens (including phenoxy) is 2. The molecular formula is C16H18F2N2O5. The van der Waals surface area contributed by atoms with Gasteiger partial charge in [0, 0.05) is 0 Å². The SMILES string of the molecule is CCOC(=O)[C@@H]1N(Cc2ccccc2)O[C@H](N2CCOC2=O)C1(F)F. The summed E-state index contributed by atoms with van der Waals surface area (Å²) in [5.41, 5.74) is 0.678. The molecule has 9 heteroatoms. The van der Waals surface area contributed by atoms with Crippen LogP contribution in [0.15, 0.2) is 30.3 Å². The zero-order valence-corrected chi connectivity index (χ0v) is 13.6. The van der Waals surface area contributed by atoms with Crippen molar-refractivity contribution < 1.29 is 32.7 Å². The minimum Gasteiger partial charge on any atom is -0.465 e. The second-order valence-corrected chi connectivity index (χ2v) is 5.66. The van der Waals surface area contributed by atoms with E-state index in [9.17, 15) is 18.4 Å². The molecule has 0 aromatic heterocycles. The summed E-state index contributed by atoms with van der Waals surface area (Å²) in [6.07, 6.45) is -2.81. The van der Waals surface area contributed by atoms with E-state index in [-0.39, 0.29) is 26.3 Å². The summed E-state index contributed by atoms with van der Waals surface area (Å²) in [5, 5.41) is 0.879. The number of rotatable bonds is 5. The number of amides is 1. The Morgan fingerprint density at radius 3 is 2.68 bits per heavy atom. The number of halogens is 2. The average Bonchev–Trinajstić information content (AvgIpc) is 3.09. The molecule has 1 aromatic rings. The van der Waals surface area contributed by atoms with Crippen LogP contribution in [0.25, 0.3) is 0 Å². The maximum atomic E-state index is 14.9. The van der Waals surface area contributed by atoms with Crippen LogP contribution in [-0.4, -0.2) is 60.0 Å². The summed E-state index contributed by atoms with van der Waals surface area (Å²) in [5.74, 6) is -4.75. The number of hydroxylamine groups is 2. The van der Waals surface area contributed by atoms with Crippen molar-refractivity contribution in [3.63, 3.8) is 0 Å². The summed E-state index contributed by atoms with van der Waals surface area (Å²) in [4.78, 5) is 29.9. The zero-order chi connectivity index (χ0) is 18.0. The maximum absolute atomic E-state index is 14.9. The number of esters is 1. The van der Waals surface area contributed by atoms with Crippen molar-refractivity contribution in [2.24, 2.45) is 0 Å². The van der Waals surface area contributed by atoms with E-state index in [0.717, 1.165) is 9.96 Å². The highest BCUT2D eigenvalue weighted by atomic mass is 19.3. The first-order valence-electron chi connectivity index (χ1n) is 7.90. The van der Waals surface area contributed by atoms with Crippen LogP contribution in [0.4, 0.5) is 13.6 Å². The molecule has 7 nitrogen and oxygen atoms in total. The Labute approximate surface area is 143 Å². The fraction of sp³-hybridized carbons (Fsp3) is 0.500. The number of hydrogen-bond donors (Lipinski definition) is 0. The molecule has 2 atom stereocenters. The van der Waals surface area contributed by atoms with Gasteiger partial charge in [-0.25, -0.2) is 4.79 Å². The highest BCUT2D eigenvalue weighted by molar-refractivity contribution is 5.78. The largest absolute Gasteiger partial charge is 0.465 e. The van der Waals surface area contributed by atoms with E-state index < -0.39 is 30.3 Å². The molecular weight excluding hydrogens is 338 g/mol. The van der Waals surface area contributed by atoms with E-state index in [0.29, 0.717) is 5.56 Å². The summed E-state index contributed by atoms with van der Waals surface area (Å²) in [7, 11) is 0. The van der Waals surface area contributed by atoms with Gasteiger partial charge in [0.1, 0.15) is 6.61 Å². The number of benzene rings is 1. The van der Waals surface area contributed by atoms with E-state index in [2.05, 4.69) is 0 Å². The number of alkyl halides is 2. The third kappa shape index (κ3) is 3.29. The second kappa shape index (κ2) is 6.93. The molecule has 1 aromatic carbocycles. The molecule has 136 valence electrons. The van der Waals surface area contributed by atoms with Crippen LogP contribution in [0.5, 0.6) is 0 Å². The van der Waals surface area contributed by atoms with Gasteiger partial charge >= 0.3 is 18.0 Å². The Balaban J connectivity index is 1.88. The van der Waals surface area contributed by atoms with E-state index in [4.69, 9.17) is 14.3 Å². The van der Waals surface area contributed by atoms with Crippen LogP contribution >= 0.6 is 0 Å². The topological polar surface area (TPSA) is 68.3 Å². The van der Waals surface area contributed by atoms with Crippen LogP contribution in [-0.2, 0) is 25.7 Å². The predicted molar refractivity (Wildman–Crippen MR) is 80.3 cm³/mol. The van der Waals surface area contributed by atoms with Crippen LogP contribution in [0.1, 0.15) is 12.5 Å². The molecule has 0 spiro atoms. The third-order valence-electron chi connectivity index (χ3n) is 3.98. The predicted octanol–water partition coefficient (Wildman–Crippen LogP) is 1.78. The zero-order valence-electron chi connectivity index (χ0n) is 13.6. The first-order valence-corrected chi connectivity index (χ1v) is 7.90. The molecule has 2 saturated heterocycles. The number of carbonyl (C=O) groups is 2. The molecule has 0 unspecified atom stereocenters. The summed E-state index contributed by atoms with van der Waals surface area (Å²) >= 11 is 0. The Hall–Kier alpha value is -2.26. The van der Waals surface area contributed by atoms with Crippen LogP contribution in [0.3, 0.4) is 0 Å². The van der Waals surface area contributed by atoms with Gasteiger partial charge in [0.15, 0.2) is 0 Å². The van der Waals surface area contributed by atoms with Gasteiger partial charge in [-0.05, 0) is 12.5 Å². The summed E-state index contributed by atoms with van der Waals surface area (Å²) in [6, 6.07) is 6.78. The standard InChI is InChI=1S/C16H18F2N2O5/c1-2-23-13(21)12-16(17,18)14(19-8-9-24-15(19)22)25-20(12)10-11-6-4-3-5-7-11/h3-7,12,14H,2,8-10H2,1H3/t12-,14-/m0/s1. The molecule has 0 bridgehead atoms.